The Bertz CT molecular complexity index is 1390. The Hall–Kier alpha value is -3.31. The monoisotopic (exact) mass is 488 g/mol. The number of nitrogens with zero attached hydrogens (tertiary/aromatic N) is 5. The Morgan fingerprint density at radius 2 is 1.91 bits per heavy atom. The second-order valence-corrected chi connectivity index (χ2v) is 9.04. The zero-order chi connectivity index (χ0) is 24.9. The average Bonchev–Trinajstić information content (AvgIpc) is 3.39. The fourth-order valence-corrected chi connectivity index (χ4v) is 4.49. The summed E-state index contributed by atoms with van der Waals surface area (Å²) in [6, 6.07) is 6.98. The van der Waals surface area contributed by atoms with E-state index in [0.717, 1.165) is 0 Å². The number of fused-ring (bicyclic) bond motifs is 2. The minimum atomic E-state index is -4.48. The molecule has 7 nitrogen and oxygen atoms in total. The standard InChI is InChI=1S/C24H24F4N6O/c1-13(2)35-20-10-19-14(9-17(20)25)3-5-18(30-19)23-32-31-21-6-4-15(11-34(21)23)22(24(26,27)28)33-8-7-16(29)12-33/h3-6,9-11,13,16,22H,7-8,12,29H2,1-2H3/t16-,22+/m0/s1. The second-order valence-electron chi connectivity index (χ2n) is 9.04. The summed E-state index contributed by atoms with van der Waals surface area (Å²) in [6.07, 6.45) is -2.80. The first-order valence-electron chi connectivity index (χ1n) is 11.3. The molecule has 0 bridgehead atoms. The van der Waals surface area contributed by atoms with Crippen molar-refractivity contribution in [1.82, 2.24) is 24.5 Å². The first kappa shape index (κ1) is 23.4. The van der Waals surface area contributed by atoms with Crippen LogP contribution < -0.4 is 10.5 Å². The molecule has 0 amide bonds. The molecule has 2 N–H and O–H groups in total. The van der Waals surface area contributed by atoms with E-state index in [2.05, 4.69) is 15.2 Å². The number of ether oxygens (including phenoxy) is 1. The number of aromatic nitrogens is 4. The molecule has 184 valence electrons. The molecule has 0 aliphatic carbocycles. The first-order valence-corrected chi connectivity index (χ1v) is 11.3. The van der Waals surface area contributed by atoms with Crippen LogP contribution in [0.5, 0.6) is 5.75 Å². The predicted octanol–water partition coefficient (Wildman–Crippen LogP) is 4.51. The number of halogens is 4. The van der Waals surface area contributed by atoms with Crippen molar-refractivity contribution in [2.24, 2.45) is 5.73 Å². The Kier molecular flexibility index (Phi) is 5.84. The number of likely N-dealkylation sites (tertiary alicyclic amines) is 1. The van der Waals surface area contributed by atoms with Gasteiger partial charge in [-0.05, 0) is 44.0 Å². The largest absolute Gasteiger partial charge is 0.488 e. The molecule has 3 aromatic heterocycles. The highest BCUT2D eigenvalue weighted by Gasteiger charge is 2.46. The number of pyridine rings is 2. The van der Waals surface area contributed by atoms with Crippen LogP contribution in [-0.2, 0) is 0 Å². The molecule has 1 fully saturated rings. The molecule has 0 radical (unpaired) electrons. The highest BCUT2D eigenvalue weighted by Crippen LogP contribution is 2.39. The van der Waals surface area contributed by atoms with Crippen molar-refractivity contribution in [1.29, 1.82) is 0 Å². The summed E-state index contributed by atoms with van der Waals surface area (Å²) >= 11 is 0. The van der Waals surface area contributed by atoms with Gasteiger partial charge in [-0.1, -0.05) is 12.1 Å². The minimum absolute atomic E-state index is 0.0654. The number of nitrogens with two attached hydrogens (primary N) is 1. The molecule has 5 rings (SSSR count). The van der Waals surface area contributed by atoms with Crippen LogP contribution in [0.25, 0.3) is 28.1 Å². The van der Waals surface area contributed by atoms with Crippen molar-refractivity contribution in [3.63, 3.8) is 0 Å². The Labute approximate surface area is 198 Å². The van der Waals surface area contributed by atoms with Crippen LogP contribution in [0.1, 0.15) is 31.9 Å². The van der Waals surface area contributed by atoms with Gasteiger partial charge in [-0.15, -0.1) is 10.2 Å². The van der Waals surface area contributed by atoms with E-state index in [1.807, 2.05) is 0 Å². The van der Waals surface area contributed by atoms with Crippen LogP contribution in [-0.4, -0.2) is 55.9 Å². The van der Waals surface area contributed by atoms with Crippen LogP contribution in [0.4, 0.5) is 17.6 Å². The predicted molar refractivity (Wildman–Crippen MR) is 122 cm³/mol. The van der Waals surface area contributed by atoms with Gasteiger partial charge in [0.2, 0.25) is 0 Å². The van der Waals surface area contributed by atoms with Crippen molar-refractivity contribution in [3.05, 3.63) is 54.0 Å². The van der Waals surface area contributed by atoms with Crippen LogP contribution in [0, 0.1) is 5.82 Å². The molecule has 0 unspecified atom stereocenters. The molecule has 35 heavy (non-hydrogen) atoms. The lowest BCUT2D eigenvalue weighted by molar-refractivity contribution is -0.183. The highest BCUT2D eigenvalue weighted by atomic mass is 19.4. The molecule has 1 aromatic carbocycles. The third-order valence-corrected chi connectivity index (χ3v) is 6.01. The van der Waals surface area contributed by atoms with Gasteiger partial charge in [-0.2, -0.15) is 13.2 Å². The van der Waals surface area contributed by atoms with Gasteiger partial charge >= 0.3 is 6.18 Å². The van der Waals surface area contributed by atoms with Crippen molar-refractivity contribution in [2.45, 2.75) is 44.6 Å². The molecule has 1 saturated heterocycles. The van der Waals surface area contributed by atoms with Crippen molar-refractivity contribution < 1.29 is 22.3 Å². The third kappa shape index (κ3) is 4.53. The summed E-state index contributed by atoms with van der Waals surface area (Å²) in [5.74, 6) is -0.154. The maximum absolute atomic E-state index is 14.3. The van der Waals surface area contributed by atoms with E-state index in [4.69, 9.17) is 10.5 Å². The van der Waals surface area contributed by atoms with E-state index in [9.17, 15) is 17.6 Å². The summed E-state index contributed by atoms with van der Waals surface area (Å²) < 4.78 is 63.6. The normalized spacial score (nSPS) is 18.1. The first-order chi connectivity index (χ1) is 16.6. The quantitative estimate of drug-likeness (QED) is 0.417. The maximum atomic E-state index is 14.3. The zero-order valence-corrected chi connectivity index (χ0v) is 19.1. The number of rotatable bonds is 5. The van der Waals surface area contributed by atoms with Crippen LogP contribution in [0.3, 0.4) is 0 Å². The van der Waals surface area contributed by atoms with Crippen LogP contribution >= 0.6 is 0 Å². The van der Waals surface area contributed by atoms with Crippen LogP contribution in [0.2, 0.25) is 0 Å². The van der Waals surface area contributed by atoms with Gasteiger partial charge in [0.25, 0.3) is 0 Å². The Morgan fingerprint density at radius 3 is 2.60 bits per heavy atom. The molecule has 0 saturated carbocycles. The summed E-state index contributed by atoms with van der Waals surface area (Å²) in [5, 5.41) is 8.81. The molecule has 1 aliphatic rings. The van der Waals surface area contributed by atoms with E-state index in [1.165, 1.54) is 39.8 Å². The van der Waals surface area contributed by atoms with Gasteiger partial charge < -0.3 is 10.5 Å². The second kappa shape index (κ2) is 8.72. The Balaban J connectivity index is 1.58. The zero-order valence-electron chi connectivity index (χ0n) is 19.1. The average molecular weight is 488 g/mol. The fraction of sp³-hybridized carbons (Fsp3) is 0.375. The van der Waals surface area contributed by atoms with Crippen molar-refractivity contribution in [2.75, 3.05) is 13.1 Å². The molecule has 11 heteroatoms. The van der Waals surface area contributed by atoms with Gasteiger partial charge in [-0.25, -0.2) is 9.37 Å². The lowest BCUT2D eigenvalue weighted by Gasteiger charge is -2.30. The van der Waals surface area contributed by atoms with Gasteiger partial charge in [0, 0.05) is 36.8 Å². The lowest BCUT2D eigenvalue weighted by Crippen LogP contribution is -2.38. The van der Waals surface area contributed by atoms with Crippen LogP contribution in [0.15, 0.2) is 42.6 Å². The van der Waals surface area contributed by atoms with E-state index in [0.29, 0.717) is 28.7 Å². The minimum Gasteiger partial charge on any atom is -0.488 e. The van der Waals surface area contributed by atoms with Crippen molar-refractivity contribution >= 4 is 16.6 Å². The fourth-order valence-electron chi connectivity index (χ4n) is 4.49. The van der Waals surface area contributed by atoms with E-state index >= 15 is 0 Å². The smallest absolute Gasteiger partial charge is 0.408 e. The Morgan fingerprint density at radius 1 is 1.11 bits per heavy atom. The summed E-state index contributed by atoms with van der Waals surface area (Å²) in [5.41, 5.74) is 7.17. The van der Waals surface area contributed by atoms with E-state index in [-0.39, 0.29) is 42.4 Å². The number of hydrogen-bond acceptors (Lipinski definition) is 6. The topological polar surface area (TPSA) is 81.6 Å². The number of alkyl halides is 3. The lowest BCUT2D eigenvalue weighted by atomic mass is 10.1. The summed E-state index contributed by atoms with van der Waals surface area (Å²) in [4.78, 5) is 5.92. The molecular formula is C24H24F4N6O. The molecule has 1 aliphatic heterocycles. The van der Waals surface area contributed by atoms with Gasteiger partial charge in [0.05, 0.1) is 11.6 Å². The maximum Gasteiger partial charge on any atom is 0.408 e. The van der Waals surface area contributed by atoms with E-state index in [1.54, 1.807) is 26.0 Å². The van der Waals surface area contributed by atoms with Crippen molar-refractivity contribution in [3.8, 4) is 17.3 Å². The van der Waals surface area contributed by atoms with Gasteiger partial charge in [0.1, 0.15) is 11.7 Å². The third-order valence-electron chi connectivity index (χ3n) is 6.01. The molecule has 0 spiro atoms. The van der Waals surface area contributed by atoms with E-state index < -0.39 is 18.0 Å². The molecule has 4 aromatic rings. The van der Waals surface area contributed by atoms with Gasteiger partial charge in [-0.3, -0.25) is 9.30 Å². The highest BCUT2D eigenvalue weighted by molar-refractivity contribution is 5.82. The summed E-state index contributed by atoms with van der Waals surface area (Å²) in [6.45, 7) is 4.01. The molecule has 2 atom stereocenters. The molecule has 4 heterocycles. The molecular weight excluding hydrogens is 464 g/mol. The number of benzene rings is 1. The SMILES string of the molecule is CC(C)Oc1cc2nc(-c3nnc4ccc([C@@H](N5CC[C@H](N)C5)C(F)(F)F)cn34)ccc2cc1F. The van der Waals surface area contributed by atoms with Gasteiger partial charge in [0.15, 0.2) is 23.0 Å². The number of hydrogen-bond donors (Lipinski definition) is 1. The summed E-state index contributed by atoms with van der Waals surface area (Å²) in [7, 11) is 0.